The highest BCUT2D eigenvalue weighted by Crippen LogP contribution is 2.26. The average Bonchev–Trinajstić information content (AvgIpc) is 2.65. The fourth-order valence-electron chi connectivity index (χ4n) is 2.84. The zero-order valence-electron chi connectivity index (χ0n) is 16.7. The highest BCUT2D eigenvalue weighted by molar-refractivity contribution is 5.74. The van der Waals surface area contributed by atoms with Gasteiger partial charge < -0.3 is 20.1 Å². The van der Waals surface area contributed by atoms with Crippen molar-refractivity contribution in [3.05, 3.63) is 59.2 Å². The van der Waals surface area contributed by atoms with Gasteiger partial charge in [0.1, 0.15) is 11.5 Å². The van der Waals surface area contributed by atoms with Crippen molar-refractivity contribution in [2.75, 3.05) is 13.3 Å². The van der Waals surface area contributed by atoms with Gasteiger partial charge in [-0.2, -0.15) is 0 Å². The first-order valence-electron chi connectivity index (χ1n) is 9.53. The Morgan fingerprint density at radius 3 is 2.48 bits per heavy atom. The van der Waals surface area contributed by atoms with Gasteiger partial charge in [0.2, 0.25) is 0 Å². The summed E-state index contributed by atoms with van der Waals surface area (Å²) in [5.41, 5.74) is 3.37. The minimum absolute atomic E-state index is 0.109. The van der Waals surface area contributed by atoms with E-state index < -0.39 is 0 Å². The minimum Gasteiger partial charge on any atom is -0.494 e. The minimum atomic E-state index is -0.283. The first-order chi connectivity index (χ1) is 13.0. The summed E-state index contributed by atoms with van der Waals surface area (Å²) in [5, 5.41) is 5.65. The van der Waals surface area contributed by atoms with Gasteiger partial charge in [0.05, 0.1) is 12.6 Å². The number of aryl methyl sites for hydroxylation is 2. The van der Waals surface area contributed by atoms with E-state index in [-0.39, 0.29) is 18.8 Å². The van der Waals surface area contributed by atoms with Gasteiger partial charge in [0.25, 0.3) is 0 Å². The van der Waals surface area contributed by atoms with E-state index >= 15 is 0 Å². The van der Waals surface area contributed by atoms with Gasteiger partial charge in [-0.15, -0.1) is 0 Å². The maximum Gasteiger partial charge on any atom is 0.317 e. The summed E-state index contributed by atoms with van der Waals surface area (Å²) in [5.74, 6) is 1.53. The first-order valence-corrected chi connectivity index (χ1v) is 9.53. The van der Waals surface area contributed by atoms with E-state index in [1.54, 1.807) is 0 Å². The molecule has 5 heteroatoms. The molecule has 1 atom stereocenters. The molecular weight excluding hydrogens is 340 g/mol. The second-order valence-corrected chi connectivity index (χ2v) is 6.53. The number of urea groups is 1. The molecule has 2 aromatic carbocycles. The lowest BCUT2D eigenvalue weighted by Gasteiger charge is -2.19. The van der Waals surface area contributed by atoms with Crippen molar-refractivity contribution in [3.63, 3.8) is 0 Å². The van der Waals surface area contributed by atoms with Gasteiger partial charge in [-0.1, -0.05) is 43.2 Å². The number of carbonyl (C=O) groups is 1. The third kappa shape index (κ3) is 6.51. The second kappa shape index (κ2) is 10.5. The number of nitrogens with one attached hydrogen (secondary N) is 2. The molecule has 146 valence electrons. The summed E-state index contributed by atoms with van der Waals surface area (Å²) in [7, 11) is 0. The van der Waals surface area contributed by atoms with E-state index in [4.69, 9.17) is 9.47 Å². The predicted molar refractivity (Wildman–Crippen MR) is 108 cm³/mol. The fraction of sp³-hybridized carbons (Fsp3) is 0.409. The Bertz CT molecular complexity index is 729. The Kier molecular flexibility index (Phi) is 7.99. The van der Waals surface area contributed by atoms with Crippen molar-refractivity contribution in [3.8, 4) is 11.5 Å². The number of hydrogen-bond acceptors (Lipinski definition) is 3. The topological polar surface area (TPSA) is 59.6 Å². The Hall–Kier alpha value is -2.69. The largest absolute Gasteiger partial charge is 0.494 e. The molecule has 0 radical (unpaired) electrons. The van der Waals surface area contributed by atoms with Crippen LogP contribution in [0.3, 0.4) is 0 Å². The van der Waals surface area contributed by atoms with Crippen LogP contribution in [0.2, 0.25) is 0 Å². The molecule has 0 saturated carbocycles. The number of rotatable bonds is 9. The molecule has 0 aromatic heterocycles. The van der Waals surface area contributed by atoms with Gasteiger partial charge in [-0.3, -0.25) is 0 Å². The summed E-state index contributed by atoms with van der Waals surface area (Å²) in [6.45, 7) is 8.75. The molecule has 2 aromatic rings. The molecule has 27 heavy (non-hydrogen) atoms. The van der Waals surface area contributed by atoms with Gasteiger partial charge in [-0.25, -0.2) is 4.79 Å². The molecule has 0 saturated heterocycles. The molecule has 0 aliphatic carbocycles. The summed E-state index contributed by atoms with van der Waals surface area (Å²) in [6.07, 6.45) is 2.17. The molecule has 5 nitrogen and oxygen atoms in total. The maximum absolute atomic E-state index is 12.2. The normalized spacial score (nSPS) is 11.6. The van der Waals surface area contributed by atoms with Crippen LogP contribution in [0.15, 0.2) is 42.5 Å². The maximum atomic E-state index is 12.2. The van der Waals surface area contributed by atoms with Crippen LogP contribution >= 0.6 is 0 Å². The van der Waals surface area contributed by atoms with Gasteiger partial charge in [0.15, 0.2) is 6.73 Å². The molecular formula is C22H30N2O3. The quantitative estimate of drug-likeness (QED) is 0.627. The lowest BCUT2D eigenvalue weighted by Crippen LogP contribution is -2.39. The smallest absolute Gasteiger partial charge is 0.317 e. The van der Waals surface area contributed by atoms with Crippen LogP contribution in [0, 0.1) is 6.92 Å². The Labute approximate surface area is 162 Å². The molecule has 2 amide bonds. The molecule has 0 bridgehead atoms. The van der Waals surface area contributed by atoms with Crippen LogP contribution in [0.25, 0.3) is 0 Å². The van der Waals surface area contributed by atoms with Crippen molar-refractivity contribution in [1.29, 1.82) is 0 Å². The third-order valence-electron chi connectivity index (χ3n) is 4.21. The van der Waals surface area contributed by atoms with E-state index in [0.29, 0.717) is 6.61 Å². The summed E-state index contributed by atoms with van der Waals surface area (Å²) < 4.78 is 11.2. The van der Waals surface area contributed by atoms with Crippen molar-refractivity contribution >= 4 is 6.03 Å². The highest BCUT2D eigenvalue weighted by Gasteiger charge is 2.14. The Balaban J connectivity index is 1.84. The van der Waals surface area contributed by atoms with E-state index in [1.807, 2.05) is 63.2 Å². The predicted octanol–water partition coefficient (Wildman–Crippen LogP) is 4.74. The Morgan fingerprint density at radius 1 is 1.07 bits per heavy atom. The second-order valence-electron chi connectivity index (χ2n) is 6.53. The summed E-state index contributed by atoms with van der Waals surface area (Å²) in [6, 6.07) is 13.5. The lowest BCUT2D eigenvalue weighted by atomic mass is 10.0. The molecule has 1 unspecified atom stereocenters. The monoisotopic (exact) mass is 370 g/mol. The van der Waals surface area contributed by atoms with Crippen molar-refractivity contribution in [1.82, 2.24) is 10.6 Å². The van der Waals surface area contributed by atoms with Crippen LogP contribution in [0.1, 0.15) is 49.9 Å². The van der Waals surface area contributed by atoms with Crippen LogP contribution in [-0.4, -0.2) is 19.4 Å². The molecule has 2 N–H and O–H groups in total. The van der Waals surface area contributed by atoms with Crippen molar-refractivity contribution < 1.29 is 14.3 Å². The number of carbonyl (C=O) groups excluding carboxylic acids is 1. The summed E-state index contributed by atoms with van der Waals surface area (Å²) >= 11 is 0. The Morgan fingerprint density at radius 2 is 1.81 bits per heavy atom. The average molecular weight is 370 g/mol. The van der Waals surface area contributed by atoms with Crippen molar-refractivity contribution in [2.24, 2.45) is 0 Å². The van der Waals surface area contributed by atoms with E-state index in [0.717, 1.165) is 35.5 Å². The van der Waals surface area contributed by atoms with Crippen LogP contribution in [-0.2, 0) is 6.42 Å². The van der Waals surface area contributed by atoms with E-state index in [1.165, 1.54) is 5.56 Å². The van der Waals surface area contributed by atoms with E-state index in [2.05, 4.69) is 17.6 Å². The standard InChI is InChI=1S/C22H30N2O3/c1-5-7-18-9-11-19(12-10-18)27-15-23-22(25)24-17(4)20-14-16(3)8-13-21(20)26-6-2/h8-14,17H,5-7,15H2,1-4H3,(H2,23,24,25). The first kappa shape index (κ1) is 20.6. The van der Waals surface area contributed by atoms with Crippen molar-refractivity contribution in [2.45, 2.75) is 46.6 Å². The number of ether oxygens (including phenoxy) is 2. The molecule has 0 aliphatic rings. The number of benzene rings is 2. The van der Waals surface area contributed by atoms with Gasteiger partial charge >= 0.3 is 6.03 Å². The van der Waals surface area contributed by atoms with Crippen LogP contribution in [0.4, 0.5) is 4.79 Å². The number of amides is 2. The zero-order valence-corrected chi connectivity index (χ0v) is 16.7. The molecule has 0 spiro atoms. The molecule has 0 heterocycles. The fourth-order valence-corrected chi connectivity index (χ4v) is 2.84. The lowest BCUT2D eigenvalue weighted by molar-refractivity contribution is 0.221. The third-order valence-corrected chi connectivity index (χ3v) is 4.21. The molecule has 2 rings (SSSR count). The number of hydrogen-bond donors (Lipinski definition) is 2. The summed E-state index contributed by atoms with van der Waals surface area (Å²) in [4.78, 5) is 12.2. The molecule has 0 fully saturated rings. The van der Waals surface area contributed by atoms with Gasteiger partial charge in [0, 0.05) is 5.56 Å². The zero-order chi connectivity index (χ0) is 19.6. The van der Waals surface area contributed by atoms with Crippen LogP contribution in [0.5, 0.6) is 11.5 Å². The highest BCUT2D eigenvalue weighted by atomic mass is 16.5. The van der Waals surface area contributed by atoms with E-state index in [9.17, 15) is 4.79 Å². The SMILES string of the molecule is CCCc1ccc(OCNC(=O)NC(C)c2cc(C)ccc2OCC)cc1. The molecule has 0 aliphatic heterocycles. The van der Waals surface area contributed by atoms with Gasteiger partial charge in [-0.05, 0) is 51.0 Å². The van der Waals surface area contributed by atoms with Crippen LogP contribution < -0.4 is 20.1 Å².